The van der Waals surface area contributed by atoms with E-state index in [2.05, 4.69) is 157 Å². The van der Waals surface area contributed by atoms with Crippen LogP contribution in [0.15, 0.2) is 182 Å². The number of para-hydroxylation sites is 4. The van der Waals surface area contributed by atoms with Gasteiger partial charge >= 0.3 is 0 Å². The number of hydrogen-bond donors (Lipinski definition) is 0. The Morgan fingerprint density at radius 2 is 0.857 bits per heavy atom. The highest BCUT2D eigenvalue weighted by Crippen LogP contribution is 2.62. The molecule has 5 nitrogen and oxygen atoms in total. The average Bonchev–Trinajstić information content (AvgIpc) is 3.64. The third-order valence-electron chi connectivity index (χ3n) is 14.5. The highest BCUT2D eigenvalue weighted by Gasteiger charge is 2.57. The maximum atomic E-state index is 6.84. The molecule has 0 unspecified atom stereocenters. The van der Waals surface area contributed by atoms with Crippen LogP contribution >= 0.6 is 0 Å². The lowest BCUT2D eigenvalue weighted by Gasteiger charge is -2.47. The summed E-state index contributed by atoms with van der Waals surface area (Å²) >= 11 is 0. The SMILES string of the molecule is c1ccc2c(c1)Oc1cc(-c3ccc(-c4ccc5ccc6cccc7c6c5c4C74c5cccc6c5B5c7c(cccc7Oc7cccc4c75)O6)cc3)cc3c1N2c1ccccc1O3. The van der Waals surface area contributed by atoms with E-state index in [0.717, 1.165) is 85.2 Å². The second kappa shape index (κ2) is 11.2. The summed E-state index contributed by atoms with van der Waals surface area (Å²) in [7, 11) is 0. The molecule has 1 aliphatic carbocycles. The van der Waals surface area contributed by atoms with E-state index in [1.165, 1.54) is 60.3 Å². The molecule has 16 rings (SSSR count). The highest BCUT2D eigenvalue weighted by molar-refractivity contribution is 6.99. The van der Waals surface area contributed by atoms with Crippen molar-refractivity contribution in [3.05, 3.63) is 204 Å². The van der Waals surface area contributed by atoms with Gasteiger partial charge in [-0.3, -0.25) is 4.90 Å². The second-order valence-electron chi connectivity index (χ2n) is 17.4. The first-order valence-electron chi connectivity index (χ1n) is 21.6. The van der Waals surface area contributed by atoms with Crippen LogP contribution in [0.3, 0.4) is 0 Å². The van der Waals surface area contributed by atoms with Crippen LogP contribution in [0.4, 0.5) is 17.1 Å². The van der Waals surface area contributed by atoms with Gasteiger partial charge in [-0.25, -0.2) is 0 Å². The largest absolute Gasteiger partial charge is 0.458 e. The van der Waals surface area contributed by atoms with Crippen LogP contribution in [0.5, 0.6) is 46.0 Å². The van der Waals surface area contributed by atoms with Crippen molar-refractivity contribution in [3.8, 4) is 68.2 Å². The van der Waals surface area contributed by atoms with Crippen molar-refractivity contribution in [1.82, 2.24) is 0 Å². The molecule has 5 aliphatic heterocycles. The zero-order valence-corrected chi connectivity index (χ0v) is 33.5. The van der Waals surface area contributed by atoms with E-state index in [1.54, 1.807) is 0 Å². The number of hydrogen-bond acceptors (Lipinski definition) is 5. The topological polar surface area (TPSA) is 40.2 Å². The molecule has 0 N–H and O–H groups in total. The standard InChI is InChI=1S/C57H30BNO4/c1-3-15-42-40(13-1)59-41-14-2-4-16-43(41)61-49-30-35(29-48(60-42)56(49)59)31-21-23-32(24-22-31)36-28-27-34-26-25-33-9-5-10-37-50(33)51(34)52(36)57(37)38-11-6-17-44-53(38)58-54-39(57)12-7-18-45(54)63-47-20-8-19-46(62-44)55(47)58/h1-30H. The summed E-state index contributed by atoms with van der Waals surface area (Å²) in [6.07, 6.45) is 0. The van der Waals surface area contributed by atoms with Gasteiger partial charge in [0.2, 0.25) is 0 Å². The first-order valence-corrected chi connectivity index (χ1v) is 21.6. The summed E-state index contributed by atoms with van der Waals surface area (Å²) in [4.78, 5) is 2.26. The van der Waals surface area contributed by atoms with Crippen LogP contribution in [-0.2, 0) is 5.41 Å². The van der Waals surface area contributed by atoms with Crippen molar-refractivity contribution < 1.29 is 18.9 Å². The van der Waals surface area contributed by atoms with E-state index in [-0.39, 0.29) is 6.71 Å². The third kappa shape index (κ3) is 3.84. The highest BCUT2D eigenvalue weighted by atomic mass is 16.5. The molecule has 0 radical (unpaired) electrons. The molecule has 6 aliphatic rings. The molecular formula is C57H30BNO4. The van der Waals surface area contributed by atoms with Crippen LogP contribution in [-0.4, -0.2) is 6.71 Å². The van der Waals surface area contributed by atoms with Gasteiger partial charge in [0.1, 0.15) is 28.7 Å². The fourth-order valence-electron chi connectivity index (χ4n) is 12.2. The molecule has 10 aromatic carbocycles. The molecule has 0 saturated carbocycles. The number of nitrogens with zero attached hydrogens (tertiary/aromatic N) is 1. The molecule has 63 heavy (non-hydrogen) atoms. The van der Waals surface area contributed by atoms with Gasteiger partial charge in [0.05, 0.1) is 16.8 Å². The van der Waals surface area contributed by atoms with Crippen molar-refractivity contribution >= 4 is 61.7 Å². The van der Waals surface area contributed by atoms with E-state index < -0.39 is 5.41 Å². The van der Waals surface area contributed by atoms with Gasteiger partial charge in [0.25, 0.3) is 6.71 Å². The molecule has 1 spiro atoms. The van der Waals surface area contributed by atoms with E-state index in [0.29, 0.717) is 0 Å². The molecule has 0 saturated heterocycles. The summed E-state index contributed by atoms with van der Waals surface area (Å²) in [6, 6.07) is 65.4. The van der Waals surface area contributed by atoms with E-state index >= 15 is 0 Å². The van der Waals surface area contributed by atoms with Gasteiger partial charge in [-0.2, -0.15) is 0 Å². The number of rotatable bonds is 2. The van der Waals surface area contributed by atoms with Crippen molar-refractivity contribution in [2.24, 2.45) is 0 Å². The lowest BCUT2D eigenvalue weighted by Crippen LogP contribution is -2.65. The Kier molecular flexibility index (Phi) is 5.77. The summed E-state index contributed by atoms with van der Waals surface area (Å²) < 4.78 is 27.0. The molecule has 290 valence electrons. The Bertz CT molecular complexity index is 3630. The van der Waals surface area contributed by atoms with Gasteiger partial charge in [-0.05, 0) is 138 Å². The maximum absolute atomic E-state index is 6.84. The van der Waals surface area contributed by atoms with Gasteiger partial charge in [-0.1, -0.05) is 121 Å². The van der Waals surface area contributed by atoms with Crippen LogP contribution in [0.2, 0.25) is 0 Å². The van der Waals surface area contributed by atoms with Crippen LogP contribution in [0.1, 0.15) is 22.3 Å². The fraction of sp³-hybridized carbons (Fsp3) is 0.0175. The minimum atomic E-state index is -0.644. The molecule has 0 aromatic heterocycles. The van der Waals surface area contributed by atoms with Gasteiger partial charge in [-0.15, -0.1) is 0 Å². The predicted octanol–water partition coefficient (Wildman–Crippen LogP) is 12.7. The average molecular weight is 804 g/mol. The number of anilines is 3. The molecule has 0 amide bonds. The van der Waals surface area contributed by atoms with Crippen molar-refractivity contribution in [1.29, 1.82) is 0 Å². The molecule has 6 heteroatoms. The van der Waals surface area contributed by atoms with Crippen molar-refractivity contribution in [3.63, 3.8) is 0 Å². The summed E-state index contributed by atoms with van der Waals surface area (Å²) in [5.41, 5.74) is 15.4. The van der Waals surface area contributed by atoms with E-state index in [4.69, 9.17) is 18.9 Å². The summed E-state index contributed by atoms with van der Waals surface area (Å²) in [5, 5.41) is 5.10. The lowest BCUT2D eigenvalue weighted by molar-refractivity contribution is 0.446. The fourth-order valence-corrected chi connectivity index (χ4v) is 12.2. The van der Waals surface area contributed by atoms with Gasteiger partial charge in [0.15, 0.2) is 23.0 Å². The number of ether oxygens (including phenoxy) is 4. The minimum Gasteiger partial charge on any atom is -0.458 e. The quantitative estimate of drug-likeness (QED) is 0.129. The zero-order valence-electron chi connectivity index (χ0n) is 33.5. The Balaban J connectivity index is 0.917. The lowest BCUT2D eigenvalue weighted by atomic mass is 9.29. The third-order valence-corrected chi connectivity index (χ3v) is 14.5. The van der Waals surface area contributed by atoms with Crippen LogP contribution < -0.4 is 40.2 Å². The number of fused-ring (bicyclic) bond motifs is 8. The van der Waals surface area contributed by atoms with E-state index in [9.17, 15) is 0 Å². The molecule has 5 heterocycles. The Morgan fingerprint density at radius 3 is 1.51 bits per heavy atom. The van der Waals surface area contributed by atoms with Crippen molar-refractivity contribution in [2.45, 2.75) is 5.41 Å². The molecule has 0 bridgehead atoms. The summed E-state index contributed by atoms with van der Waals surface area (Å²) in [6.45, 7) is -0.00424. The molecule has 0 fully saturated rings. The Labute approximate surface area is 362 Å². The van der Waals surface area contributed by atoms with E-state index in [1.807, 2.05) is 30.3 Å². The molecular weight excluding hydrogens is 773 g/mol. The zero-order chi connectivity index (χ0) is 40.7. The van der Waals surface area contributed by atoms with Crippen LogP contribution in [0, 0.1) is 0 Å². The Morgan fingerprint density at radius 1 is 0.365 bits per heavy atom. The Hall–Kier alpha value is -8.22. The molecule has 0 atom stereocenters. The van der Waals surface area contributed by atoms with Gasteiger partial charge in [0, 0.05) is 5.46 Å². The number of benzene rings is 10. The van der Waals surface area contributed by atoms with Gasteiger partial charge < -0.3 is 18.9 Å². The second-order valence-corrected chi connectivity index (χ2v) is 17.4. The summed E-state index contributed by atoms with van der Waals surface area (Å²) in [5.74, 6) is 6.72. The molecule has 10 aromatic rings. The normalized spacial score (nSPS) is 14.9. The van der Waals surface area contributed by atoms with Crippen LogP contribution in [0.25, 0.3) is 43.8 Å². The first-order chi connectivity index (χ1) is 31.2. The maximum Gasteiger partial charge on any atom is 0.261 e. The smallest absolute Gasteiger partial charge is 0.261 e. The first kappa shape index (κ1) is 32.5. The van der Waals surface area contributed by atoms with Crippen molar-refractivity contribution in [2.75, 3.05) is 4.90 Å². The minimum absolute atomic E-state index is 0.00424. The predicted molar refractivity (Wildman–Crippen MR) is 250 cm³/mol. The monoisotopic (exact) mass is 803 g/mol.